The summed E-state index contributed by atoms with van der Waals surface area (Å²) in [6.45, 7) is 0. The Morgan fingerprint density at radius 2 is 1.95 bits per heavy atom. The normalized spacial score (nSPS) is 10.3. The summed E-state index contributed by atoms with van der Waals surface area (Å²) in [6.07, 6.45) is 0. The Morgan fingerprint density at radius 1 is 1.14 bits per heavy atom. The van der Waals surface area contributed by atoms with Crippen LogP contribution in [0.3, 0.4) is 0 Å². The third-order valence-corrected chi connectivity index (χ3v) is 2.95. The number of anilines is 2. The van der Waals surface area contributed by atoms with Crippen LogP contribution in [0.25, 0.3) is 11.4 Å². The van der Waals surface area contributed by atoms with Gasteiger partial charge in [0, 0.05) is 22.5 Å². The quantitative estimate of drug-likeness (QED) is 0.632. The number of carbonyl (C=O) groups is 1. The van der Waals surface area contributed by atoms with Gasteiger partial charge in [-0.25, -0.2) is 5.10 Å². The van der Waals surface area contributed by atoms with Crippen molar-refractivity contribution in [1.29, 1.82) is 0 Å². The number of nitrogens with one attached hydrogen (secondary N) is 2. The Bertz CT molecular complexity index is 754. The van der Waals surface area contributed by atoms with Gasteiger partial charge >= 0.3 is 0 Å². The van der Waals surface area contributed by atoms with E-state index < -0.39 is 0 Å². The lowest BCUT2D eigenvalue weighted by Crippen LogP contribution is -2.11. The molecule has 0 bridgehead atoms. The van der Waals surface area contributed by atoms with Gasteiger partial charge in [-0.05, 0) is 40.8 Å². The second kappa shape index (κ2) is 5.41. The summed E-state index contributed by atoms with van der Waals surface area (Å²) >= 11 is 0. The smallest absolute Gasteiger partial charge is 0.255 e. The zero-order valence-electron chi connectivity index (χ0n) is 10.9. The molecule has 0 saturated carbocycles. The van der Waals surface area contributed by atoms with Gasteiger partial charge in [0.05, 0.1) is 0 Å². The average Bonchev–Trinajstić information content (AvgIpc) is 3.04. The number of benzene rings is 2. The van der Waals surface area contributed by atoms with E-state index in [0.717, 1.165) is 0 Å². The van der Waals surface area contributed by atoms with Crippen molar-refractivity contribution < 1.29 is 4.79 Å². The number of rotatable bonds is 3. The van der Waals surface area contributed by atoms with E-state index in [2.05, 4.69) is 25.9 Å². The number of hydrogen-bond donors (Lipinski definition) is 3. The van der Waals surface area contributed by atoms with E-state index >= 15 is 0 Å². The molecule has 104 valence electrons. The first kappa shape index (κ1) is 12.8. The lowest BCUT2D eigenvalue weighted by molar-refractivity contribution is 0.102. The van der Waals surface area contributed by atoms with Crippen molar-refractivity contribution in [2.45, 2.75) is 0 Å². The van der Waals surface area contributed by atoms with E-state index in [1.54, 1.807) is 30.3 Å². The van der Waals surface area contributed by atoms with Crippen LogP contribution in [0, 0.1) is 0 Å². The summed E-state index contributed by atoms with van der Waals surface area (Å²) in [5.41, 5.74) is 8.24. The third-order valence-electron chi connectivity index (χ3n) is 2.95. The maximum Gasteiger partial charge on any atom is 0.255 e. The highest BCUT2D eigenvalue weighted by molar-refractivity contribution is 6.04. The van der Waals surface area contributed by atoms with Gasteiger partial charge in [0.25, 0.3) is 5.91 Å². The molecule has 0 aliphatic rings. The SMILES string of the molecule is Nc1ccc(NC(=O)c2ccccc2)cc1-c1nnn[nH]1. The topological polar surface area (TPSA) is 110 Å². The van der Waals surface area contributed by atoms with Crippen LogP contribution in [0.2, 0.25) is 0 Å². The van der Waals surface area contributed by atoms with E-state index in [-0.39, 0.29) is 5.91 Å². The summed E-state index contributed by atoms with van der Waals surface area (Å²) in [4.78, 5) is 12.1. The van der Waals surface area contributed by atoms with Gasteiger partial charge in [-0.15, -0.1) is 5.10 Å². The molecule has 0 saturated heterocycles. The molecule has 0 aliphatic heterocycles. The highest BCUT2D eigenvalue weighted by atomic mass is 16.1. The van der Waals surface area contributed by atoms with E-state index in [4.69, 9.17) is 5.73 Å². The van der Waals surface area contributed by atoms with E-state index in [1.165, 1.54) is 0 Å². The Labute approximate surface area is 120 Å². The molecule has 0 aliphatic carbocycles. The standard InChI is InChI=1S/C14H12N6O/c15-12-7-6-10(8-11(12)13-17-19-20-18-13)16-14(21)9-4-2-1-3-5-9/h1-8H,15H2,(H,16,21)(H,17,18,19,20). The first-order valence-corrected chi connectivity index (χ1v) is 6.24. The van der Waals surface area contributed by atoms with Gasteiger partial charge < -0.3 is 11.1 Å². The van der Waals surface area contributed by atoms with Gasteiger partial charge in [-0.1, -0.05) is 18.2 Å². The van der Waals surface area contributed by atoms with E-state index in [9.17, 15) is 4.79 Å². The molecule has 21 heavy (non-hydrogen) atoms. The largest absolute Gasteiger partial charge is 0.398 e. The first-order valence-electron chi connectivity index (χ1n) is 6.24. The number of nitrogens with two attached hydrogens (primary N) is 1. The van der Waals surface area contributed by atoms with Crippen LogP contribution < -0.4 is 11.1 Å². The number of nitrogen functional groups attached to an aromatic ring is 1. The predicted octanol–water partition coefficient (Wildman–Crippen LogP) is 1.70. The second-order valence-corrected chi connectivity index (χ2v) is 4.37. The molecule has 3 aromatic rings. The fourth-order valence-electron chi connectivity index (χ4n) is 1.91. The molecule has 1 amide bonds. The van der Waals surface area contributed by atoms with Gasteiger partial charge in [-0.3, -0.25) is 4.79 Å². The molecular weight excluding hydrogens is 268 g/mol. The molecule has 7 nitrogen and oxygen atoms in total. The number of amides is 1. The number of hydrogen-bond acceptors (Lipinski definition) is 5. The Hall–Kier alpha value is -3.22. The molecular formula is C14H12N6O. The number of H-pyrrole nitrogens is 1. The number of aromatic amines is 1. The first-order chi connectivity index (χ1) is 10.2. The zero-order valence-corrected chi connectivity index (χ0v) is 10.9. The number of nitrogens with zero attached hydrogens (tertiary/aromatic N) is 3. The van der Waals surface area contributed by atoms with Gasteiger partial charge in [0.1, 0.15) is 0 Å². The summed E-state index contributed by atoms with van der Waals surface area (Å²) in [7, 11) is 0. The van der Waals surface area contributed by atoms with Crippen molar-refractivity contribution in [3.05, 3.63) is 54.1 Å². The molecule has 0 atom stereocenters. The number of aromatic nitrogens is 4. The summed E-state index contributed by atoms with van der Waals surface area (Å²) in [6, 6.07) is 14.1. The predicted molar refractivity (Wildman–Crippen MR) is 78.4 cm³/mol. The molecule has 0 fully saturated rings. The summed E-state index contributed by atoms with van der Waals surface area (Å²) in [5, 5.41) is 16.3. The minimum Gasteiger partial charge on any atom is -0.398 e. The van der Waals surface area contributed by atoms with Crippen LogP contribution >= 0.6 is 0 Å². The minimum atomic E-state index is -0.193. The number of carbonyl (C=O) groups excluding carboxylic acids is 1. The molecule has 3 rings (SSSR count). The fourth-order valence-corrected chi connectivity index (χ4v) is 1.91. The lowest BCUT2D eigenvalue weighted by atomic mass is 10.1. The van der Waals surface area contributed by atoms with E-state index in [1.807, 2.05) is 18.2 Å². The molecule has 4 N–H and O–H groups in total. The molecule has 1 heterocycles. The van der Waals surface area contributed by atoms with Crippen LogP contribution in [0.4, 0.5) is 11.4 Å². The van der Waals surface area contributed by atoms with Crippen molar-refractivity contribution in [3.8, 4) is 11.4 Å². The van der Waals surface area contributed by atoms with Crippen molar-refractivity contribution in [3.63, 3.8) is 0 Å². The lowest BCUT2D eigenvalue weighted by Gasteiger charge is -2.08. The molecule has 7 heteroatoms. The monoisotopic (exact) mass is 280 g/mol. The Morgan fingerprint density at radius 3 is 2.67 bits per heavy atom. The van der Waals surface area contributed by atoms with Crippen molar-refractivity contribution in [1.82, 2.24) is 20.6 Å². The van der Waals surface area contributed by atoms with Crippen LogP contribution in [-0.4, -0.2) is 26.5 Å². The summed E-state index contributed by atoms with van der Waals surface area (Å²) in [5.74, 6) is 0.255. The summed E-state index contributed by atoms with van der Waals surface area (Å²) < 4.78 is 0. The Balaban J connectivity index is 1.87. The van der Waals surface area contributed by atoms with Crippen LogP contribution in [0.1, 0.15) is 10.4 Å². The van der Waals surface area contributed by atoms with Gasteiger partial charge in [0.2, 0.25) is 0 Å². The molecule has 2 aromatic carbocycles. The maximum absolute atomic E-state index is 12.1. The maximum atomic E-state index is 12.1. The van der Waals surface area contributed by atoms with Crippen LogP contribution in [0.15, 0.2) is 48.5 Å². The van der Waals surface area contributed by atoms with Gasteiger partial charge in [0.15, 0.2) is 5.82 Å². The second-order valence-electron chi connectivity index (χ2n) is 4.37. The highest BCUT2D eigenvalue weighted by Gasteiger charge is 2.10. The molecule has 0 radical (unpaired) electrons. The average molecular weight is 280 g/mol. The van der Waals surface area contributed by atoms with E-state index in [0.29, 0.717) is 28.3 Å². The Kier molecular flexibility index (Phi) is 3.30. The zero-order chi connectivity index (χ0) is 14.7. The minimum absolute atomic E-state index is 0.193. The van der Waals surface area contributed by atoms with Crippen molar-refractivity contribution in [2.75, 3.05) is 11.1 Å². The molecule has 1 aromatic heterocycles. The van der Waals surface area contributed by atoms with Crippen LogP contribution in [0.5, 0.6) is 0 Å². The third kappa shape index (κ3) is 2.71. The fraction of sp³-hybridized carbons (Fsp3) is 0. The van der Waals surface area contributed by atoms with Crippen LogP contribution in [-0.2, 0) is 0 Å². The van der Waals surface area contributed by atoms with Gasteiger partial charge in [-0.2, -0.15) is 0 Å². The molecule has 0 unspecified atom stereocenters. The van der Waals surface area contributed by atoms with Crippen molar-refractivity contribution in [2.24, 2.45) is 0 Å². The molecule has 0 spiro atoms. The van der Waals surface area contributed by atoms with Crippen molar-refractivity contribution >= 4 is 17.3 Å². The highest BCUT2D eigenvalue weighted by Crippen LogP contribution is 2.25. The number of tetrazole rings is 1.